The van der Waals surface area contributed by atoms with Gasteiger partial charge in [0.05, 0.1) is 31.8 Å². The van der Waals surface area contributed by atoms with E-state index in [2.05, 4.69) is 215 Å². The lowest BCUT2D eigenvalue weighted by atomic mass is 9.68. The molecule has 0 saturated carbocycles. The summed E-state index contributed by atoms with van der Waals surface area (Å²) < 4.78 is 56.4. The first-order valence-corrected chi connectivity index (χ1v) is 30.7. The van der Waals surface area contributed by atoms with Crippen molar-refractivity contribution in [3.63, 3.8) is 0 Å². The van der Waals surface area contributed by atoms with Crippen molar-refractivity contribution in [2.75, 3.05) is 26.4 Å². The largest absolute Gasteiger partial charge is 0.463 e. The van der Waals surface area contributed by atoms with E-state index in [0.29, 0.717) is 37.9 Å². The average molecular weight is 1100 g/mol. The van der Waals surface area contributed by atoms with E-state index in [9.17, 15) is 0 Å². The Morgan fingerprint density at radius 2 is 0.923 bits per heavy atom. The van der Waals surface area contributed by atoms with E-state index < -0.39 is 28.9 Å². The Kier molecular flexibility index (Phi) is 16.3. The molecule has 1 aliphatic carbocycles. The minimum atomic E-state index is -2.13. The molecule has 2 fully saturated rings. The van der Waals surface area contributed by atoms with Gasteiger partial charge in [-0.2, -0.15) is 0 Å². The van der Waals surface area contributed by atoms with Gasteiger partial charge in [-0.15, -0.1) is 0 Å². The standard InChI is InChI=1S/C68H96O8P2/c1-60(2,3)43-30-47(55(51(34-43)64(13,14)15)73-77-71-40-68(41-72-77)38-69-59(70-39-68)42-28-26-25-27-29-42)48-31-44(61(4,5)6)35-52(65(16,17)18)56(48)74-78-75-57-49(32-45(62(7,8)9)36-53(57)66(19,20)21)50-33-46(63(10,11)12)37-54(58(50)76-78)67(22,23)24/h25-37,49,57,59H,38-41H2,1-24H3. The smallest absolute Gasteiger partial charge is 0.426 e. The van der Waals surface area contributed by atoms with Gasteiger partial charge in [0.2, 0.25) is 0 Å². The minimum Gasteiger partial charge on any atom is -0.426 e. The zero-order valence-corrected chi connectivity index (χ0v) is 54.0. The molecule has 0 radical (unpaired) electrons. The summed E-state index contributed by atoms with van der Waals surface area (Å²) in [6.07, 6.45) is 4.08. The fraction of sp³-hybridized carbons (Fsp3) is 0.588. The molecule has 3 atom stereocenters. The molecule has 0 bridgehead atoms. The van der Waals surface area contributed by atoms with Crippen LogP contribution in [0.1, 0.15) is 223 Å². The number of rotatable bonds is 6. The van der Waals surface area contributed by atoms with Crippen molar-refractivity contribution in [2.45, 2.75) is 217 Å². The summed E-state index contributed by atoms with van der Waals surface area (Å²) in [4.78, 5) is 0. The van der Waals surface area contributed by atoms with Gasteiger partial charge in [-0.1, -0.05) is 233 Å². The second-order valence-corrected chi connectivity index (χ2v) is 33.3. The van der Waals surface area contributed by atoms with Crippen molar-refractivity contribution in [1.29, 1.82) is 0 Å². The van der Waals surface area contributed by atoms with E-state index in [1.54, 1.807) is 0 Å². The summed E-state index contributed by atoms with van der Waals surface area (Å²) in [5, 5.41) is 0. The van der Waals surface area contributed by atoms with Crippen molar-refractivity contribution in [2.24, 2.45) is 16.2 Å². The van der Waals surface area contributed by atoms with Gasteiger partial charge in [0, 0.05) is 44.9 Å². The van der Waals surface area contributed by atoms with Crippen LogP contribution in [0.15, 0.2) is 90.0 Å². The third-order valence-corrected chi connectivity index (χ3v) is 17.9. The fourth-order valence-electron chi connectivity index (χ4n) is 10.5. The summed E-state index contributed by atoms with van der Waals surface area (Å²) in [6.45, 7) is 56.6. The average Bonchev–Trinajstić information content (AvgIpc) is 3.49. The maximum atomic E-state index is 7.82. The predicted molar refractivity (Wildman–Crippen MR) is 324 cm³/mol. The second-order valence-electron chi connectivity index (χ2n) is 31.1. The molecular formula is C68H96O8P2. The van der Waals surface area contributed by atoms with Crippen LogP contribution in [0, 0.1) is 16.2 Å². The van der Waals surface area contributed by atoms with Crippen molar-refractivity contribution in [3.05, 3.63) is 135 Å². The molecule has 2 saturated heterocycles. The van der Waals surface area contributed by atoms with E-state index in [1.165, 1.54) is 27.8 Å². The van der Waals surface area contributed by atoms with Gasteiger partial charge in [-0.05, 0) is 83.3 Å². The SMILES string of the molecule is CC(C)(C)C1=CC2c3cc(C(C)(C)C)cc(C(C)(C)C)c3OP(Oc3c(-c4cc(C(C)(C)C)cc(C(C)(C)C)c4OP4OCC5(COC(c6ccccc6)OC5)CO4)cc(C(C)(C)C)cc3C(C)(C)C)OC2C(C(C)(C)C)=C1. The van der Waals surface area contributed by atoms with Crippen LogP contribution in [-0.2, 0) is 55.5 Å². The van der Waals surface area contributed by atoms with Crippen molar-refractivity contribution in [1.82, 2.24) is 0 Å². The van der Waals surface area contributed by atoms with Gasteiger partial charge in [0.1, 0.15) is 23.4 Å². The topological polar surface area (TPSA) is 73.8 Å². The van der Waals surface area contributed by atoms with E-state index in [4.69, 9.17) is 36.6 Å². The van der Waals surface area contributed by atoms with E-state index in [-0.39, 0.29) is 55.3 Å². The Balaban J connectivity index is 1.33. The highest BCUT2D eigenvalue weighted by Crippen LogP contribution is 2.62. The second kappa shape index (κ2) is 21.0. The van der Waals surface area contributed by atoms with Crippen LogP contribution in [0.3, 0.4) is 0 Å². The van der Waals surface area contributed by atoms with Crippen LogP contribution >= 0.6 is 17.2 Å². The first-order valence-electron chi connectivity index (χ1n) is 28.5. The maximum absolute atomic E-state index is 7.82. The van der Waals surface area contributed by atoms with Gasteiger partial charge in [0.25, 0.3) is 0 Å². The number of benzene rings is 4. The monoisotopic (exact) mass is 1100 g/mol. The highest BCUT2D eigenvalue weighted by molar-refractivity contribution is 7.42. The summed E-state index contributed by atoms with van der Waals surface area (Å²) >= 11 is 0. The molecule has 0 aromatic heterocycles. The Morgan fingerprint density at radius 1 is 0.474 bits per heavy atom. The summed E-state index contributed by atoms with van der Waals surface area (Å²) in [6, 6.07) is 24.2. The molecule has 3 heterocycles. The van der Waals surface area contributed by atoms with Gasteiger partial charge in [-0.3, -0.25) is 4.52 Å². The molecule has 3 aliphatic heterocycles. The lowest BCUT2D eigenvalue weighted by Gasteiger charge is -2.43. The number of fused-ring (bicyclic) bond motifs is 3. The Labute approximate surface area is 474 Å². The first-order chi connectivity index (χ1) is 35.6. The van der Waals surface area contributed by atoms with Crippen molar-refractivity contribution >= 4 is 17.2 Å². The zero-order valence-electron chi connectivity index (χ0n) is 52.2. The van der Waals surface area contributed by atoms with Crippen molar-refractivity contribution in [3.8, 4) is 28.4 Å². The molecular weight excluding hydrogens is 1010 g/mol. The third kappa shape index (κ3) is 13.0. The van der Waals surface area contributed by atoms with E-state index >= 15 is 0 Å². The molecule has 8 nitrogen and oxygen atoms in total. The lowest BCUT2D eigenvalue weighted by molar-refractivity contribution is -0.250. The quantitative estimate of drug-likeness (QED) is 0.177. The van der Waals surface area contributed by atoms with Crippen molar-refractivity contribution < 1.29 is 36.6 Å². The van der Waals surface area contributed by atoms with Crippen LogP contribution in [0.2, 0.25) is 0 Å². The summed E-state index contributed by atoms with van der Waals surface area (Å²) in [5.74, 6) is 2.14. The number of hydrogen-bond acceptors (Lipinski definition) is 8. The molecule has 1 spiro atoms. The number of allylic oxidation sites excluding steroid dienone is 2. The molecule has 4 aliphatic rings. The molecule has 78 heavy (non-hydrogen) atoms. The Morgan fingerprint density at radius 3 is 1.36 bits per heavy atom. The van der Waals surface area contributed by atoms with Gasteiger partial charge in [-0.25, -0.2) is 0 Å². The van der Waals surface area contributed by atoms with E-state index in [0.717, 1.165) is 44.7 Å². The highest BCUT2D eigenvalue weighted by atomic mass is 31.2. The Hall–Kier alpha value is -3.58. The molecule has 0 amide bonds. The van der Waals surface area contributed by atoms with Crippen LogP contribution in [0.5, 0.6) is 17.2 Å². The van der Waals surface area contributed by atoms with Crippen LogP contribution < -0.4 is 13.6 Å². The zero-order chi connectivity index (χ0) is 57.7. The third-order valence-electron chi connectivity index (χ3n) is 15.8. The predicted octanol–water partition coefficient (Wildman–Crippen LogP) is 19.6. The molecule has 4 aromatic rings. The van der Waals surface area contributed by atoms with E-state index in [1.807, 2.05) is 30.3 Å². The normalized spacial score (nSPS) is 23.9. The summed E-state index contributed by atoms with van der Waals surface area (Å²) in [7, 11) is -3.98. The van der Waals surface area contributed by atoms with Gasteiger partial charge >= 0.3 is 17.2 Å². The molecule has 3 unspecified atom stereocenters. The first kappa shape index (κ1) is 60.5. The summed E-state index contributed by atoms with van der Waals surface area (Å²) in [5.41, 5.74) is 11.0. The number of ether oxygens (including phenoxy) is 2. The van der Waals surface area contributed by atoms with Crippen LogP contribution in [0.25, 0.3) is 11.1 Å². The molecule has 0 N–H and O–H groups in total. The van der Waals surface area contributed by atoms with Crippen LogP contribution in [0.4, 0.5) is 0 Å². The maximum Gasteiger partial charge on any atom is 0.463 e. The molecule has 10 heteroatoms. The molecule has 8 rings (SSSR count). The van der Waals surface area contributed by atoms with Gasteiger partial charge < -0.3 is 32.1 Å². The fourth-order valence-corrected chi connectivity index (χ4v) is 13.1. The molecule has 426 valence electrons. The Bertz CT molecular complexity index is 2890. The highest BCUT2D eigenvalue weighted by Gasteiger charge is 2.48. The number of hydrogen-bond donors (Lipinski definition) is 0. The lowest BCUT2D eigenvalue weighted by Crippen LogP contribution is -2.47. The minimum absolute atomic E-state index is 0.107. The van der Waals surface area contributed by atoms with Crippen LogP contribution in [-0.4, -0.2) is 32.5 Å². The molecule has 4 aromatic carbocycles. The van der Waals surface area contributed by atoms with Gasteiger partial charge in [0.15, 0.2) is 6.29 Å².